The van der Waals surface area contributed by atoms with Gasteiger partial charge in [-0.15, -0.1) is 0 Å². The SMILES string of the molecule is CCC(C)c1ccc(C(O)CCN(CCOC)CCOC)cc1. The van der Waals surface area contributed by atoms with Crippen molar-refractivity contribution in [2.24, 2.45) is 0 Å². The molecule has 132 valence electrons. The van der Waals surface area contributed by atoms with Crippen LogP contribution >= 0.6 is 0 Å². The molecule has 0 spiro atoms. The van der Waals surface area contributed by atoms with E-state index in [1.54, 1.807) is 14.2 Å². The lowest BCUT2D eigenvalue weighted by Crippen LogP contribution is -2.32. The highest BCUT2D eigenvalue weighted by atomic mass is 16.5. The molecule has 0 aliphatic rings. The molecule has 4 heteroatoms. The summed E-state index contributed by atoms with van der Waals surface area (Å²) in [4.78, 5) is 2.27. The predicted octanol–water partition coefficient (Wildman–Crippen LogP) is 3.22. The van der Waals surface area contributed by atoms with Gasteiger partial charge in [0, 0.05) is 33.9 Å². The monoisotopic (exact) mass is 323 g/mol. The summed E-state index contributed by atoms with van der Waals surface area (Å²) in [6, 6.07) is 8.39. The van der Waals surface area contributed by atoms with E-state index in [9.17, 15) is 5.11 Å². The van der Waals surface area contributed by atoms with Crippen LogP contribution in [0.1, 0.15) is 49.8 Å². The van der Waals surface area contributed by atoms with Crippen molar-refractivity contribution in [2.45, 2.75) is 38.7 Å². The van der Waals surface area contributed by atoms with Crippen molar-refractivity contribution in [3.8, 4) is 0 Å². The number of benzene rings is 1. The zero-order valence-electron chi connectivity index (χ0n) is 15.1. The third kappa shape index (κ3) is 7.44. The first-order valence-corrected chi connectivity index (χ1v) is 8.60. The van der Waals surface area contributed by atoms with Gasteiger partial charge < -0.3 is 14.6 Å². The summed E-state index contributed by atoms with van der Waals surface area (Å²) < 4.78 is 10.3. The van der Waals surface area contributed by atoms with Gasteiger partial charge in [0.25, 0.3) is 0 Å². The molecular formula is C19H33NO3. The Bertz CT molecular complexity index is 400. The van der Waals surface area contributed by atoms with Crippen LogP contribution in [0.2, 0.25) is 0 Å². The molecule has 0 aliphatic carbocycles. The van der Waals surface area contributed by atoms with Gasteiger partial charge in [-0.25, -0.2) is 0 Å². The molecule has 2 atom stereocenters. The normalized spacial score (nSPS) is 14.2. The third-order valence-corrected chi connectivity index (χ3v) is 4.44. The standard InChI is InChI=1S/C19H33NO3/c1-5-16(2)17-6-8-18(9-7-17)19(21)10-11-20(12-14-22-3)13-15-23-4/h6-9,16,19,21H,5,10-15H2,1-4H3. The van der Waals surface area contributed by atoms with Crippen LogP contribution in [0.4, 0.5) is 0 Å². The van der Waals surface area contributed by atoms with Gasteiger partial charge in [-0.3, -0.25) is 4.90 Å². The molecule has 2 unspecified atom stereocenters. The molecule has 0 aromatic heterocycles. The highest BCUT2D eigenvalue weighted by molar-refractivity contribution is 5.26. The fourth-order valence-corrected chi connectivity index (χ4v) is 2.53. The fraction of sp³-hybridized carbons (Fsp3) is 0.684. The highest BCUT2D eigenvalue weighted by Gasteiger charge is 2.12. The van der Waals surface area contributed by atoms with E-state index in [1.165, 1.54) is 5.56 Å². The number of methoxy groups -OCH3 is 2. The first-order chi connectivity index (χ1) is 11.1. The maximum absolute atomic E-state index is 10.4. The zero-order chi connectivity index (χ0) is 17.1. The van der Waals surface area contributed by atoms with Gasteiger partial charge >= 0.3 is 0 Å². The van der Waals surface area contributed by atoms with Gasteiger partial charge in [-0.2, -0.15) is 0 Å². The molecule has 1 aromatic carbocycles. The summed E-state index contributed by atoms with van der Waals surface area (Å²) in [5, 5.41) is 10.4. The molecule has 0 radical (unpaired) electrons. The molecule has 0 saturated carbocycles. The number of aliphatic hydroxyl groups is 1. The lowest BCUT2D eigenvalue weighted by molar-refractivity contribution is 0.0945. The van der Waals surface area contributed by atoms with E-state index in [0.717, 1.165) is 38.0 Å². The summed E-state index contributed by atoms with van der Waals surface area (Å²) >= 11 is 0. The number of aliphatic hydroxyl groups excluding tert-OH is 1. The largest absolute Gasteiger partial charge is 0.388 e. The van der Waals surface area contributed by atoms with Crippen LogP contribution in [-0.2, 0) is 9.47 Å². The van der Waals surface area contributed by atoms with Crippen molar-refractivity contribution in [1.82, 2.24) is 4.90 Å². The lowest BCUT2D eigenvalue weighted by atomic mass is 9.96. The zero-order valence-corrected chi connectivity index (χ0v) is 15.1. The van der Waals surface area contributed by atoms with Gasteiger partial charge in [0.1, 0.15) is 0 Å². The molecule has 1 N–H and O–H groups in total. The Kier molecular flexibility index (Phi) is 10.1. The second-order valence-corrected chi connectivity index (χ2v) is 6.11. The Hall–Kier alpha value is -0.940. The molecule has 0 fully saturated rings. The minimum atomic E-state index is -0.423. The van der Waals surface area contributed by atoms with E-state index in [-0.39, 0.29) is 0 Å². The minimum absolute atomic E-state index is 0.423. The quantitative estimate of drug-likeness (QED) is 0.641. The Labute approximate surface area is 141 Å². The molecule has 1 rings (SSSR count). The second kappa shape index (κ2) is 11.6. The van der Waals surface area contributed by atoms with E-state index in [0.29, 0.717) is 19.1 Å². The predicted molar refractivity (Wildman–Crippen MR) is 94.9 cm³/mol. The summed E-state index contributed by atoms with van der Waals surface area (Å²) in [5.41, 5.74) is 2.33. The van der Waals surface area contributed by atoms with Crippen LogP contribution in [0, 0.1) is 0 Å². The van der Waals surface area contributed by atoms with Gasteiger partial charge in [-0.1, -0.05) is 38.1 Å². The average Bonchev–Trinajstić information content (AvgIpc) is 2.60. The van der Waals surface area contributed by atoms with Crippen LogP contribution in [0.5, 0.6) is 0 Å². The van der Waals surface area contributed by atoms with Crippen molar-refractivity contribution in [1.29, 1.82) is 0 Å². The summed E-state index contributed by atoms with van der Waals surface area (Å²) in [6.07, 6.45) is 1.43. The van der Waals surface area contributed by atoms with Gasteiger partial charge in [0.2, 0.25) is 0 Å². The molecular weight excluding hydrogens is 290 g/mol. The molecule has 4 nitrogen and oxygen atoms in total. The van der Waals surface area contributed by atoms with Gasteiger partial charge in [0.15, 0.2) is 0 Å². The molecule has 0 saturated heterocycles. The summed E-state index contributed by atoms with van der Waals surface area (Å²) in [5.74, 6) is 0.569. The smallest absolute Gasteiger partial charge is 0.0802 e. The van der Waals surface area contributed by atoms with Crippen LogP contribution in [0.3, 0.4) is 0 Å². The Morgan fingerprint density at radius 3 is 1.96 bits per heavy atom. The molecule has 0 bridgehead atoms. The number of hydrogen-bond acceptors (Lipinski definition) is 4. The average molecular weight is 323 g/mol. The highest BCUT2D eigenvalue weighted by Crippen LogP contribution is 2.22. The first-order valence-electron chi connectivity index (χ1n) is 8.60. The fourth-order valence-electron chi connectivity index (χ4n) is 2.53. The summed E-state index contributed by atoms with van der Waals surface area (Å²) in [6.45, 7) is 8.38. The van der Waals surface area contributed by atoms with E-state index in [1.807, 2.05) is 0 Å². The van der Waals surface area contributed by atoms with Crippen molar-refractivity contribution in [3.05, 3.63) is 35.4 Å². The lowest BCUT2D eigenvalue weighted by Gasteiger charge is -2.23. The number of hydrogen-bond donors (Lipinski definition) is 1. The molecule has 23 heavy (non-hydrogen) atoms. The topological polar surface area (TPSA) is 41.9 Å². The Balaban J connectivity index is 2.50. The maximum atomic E-state index is 10.4. The minimum Gasteiger partial charge on any atom is -0.388 e. The number of rotatable bonds is 12. The van der Waals surface area contributed by atoms with Crippen LogP contribution in [-0.4, -0.2) is 57.1 Å². The van der Waals surface area contributed by atoms with Gasteiger partial charge in [-0.05, 0) is 29.9 Å². The van der Waals surface area contributed by atoms with Gasteiger partial charge in [0.05, 0.1) is 19.3 Å². The Morgan fingerprint density at radius 1 is 0.957 bits per heavy atom. The van der Waals surface area contributed by atoms with Crippen LogP contribution in [0.25, 0.3) is 0 Å². The number of nitrogens with zero attached hydrogens (tertiary/aromatic N) is 1. The molecule has 0 heterocycles. The Morgan fingerprint density at radius 2 is 1.48 bits per heavy atom. The van der Waals surface area contributed by atoms with E-state index in [4.69, 9.17) is 9.47 Å². The molecule has 0 aliphatic heterocycles. The van der Waals surface area contributed by atoms with Crippen LogP contribution in [0.15, 0.2) is 24.3 Å². The van der Waals surface area contributed by atoms with E-state index in [2.05, 4.69) is 43.0 Å². The van der Waals surface area contributed by atoms with E-state index < -0.39 is 6.10 Å². The molecule has 0 amide bonds. The second-order valence-electron chi connectivity index (χ2n) is 6.11. The van der Waals surface area contributed by atoms with Crippen molar-refractivity contribution >= 4 is 0 Å². The number of ether oxygens (including phenoxy) is 2. The third-order valence-electron chi connectivity index (χ3n) is 4.44. The van der Waals surface area contributed by atoms with Crippen molar-refractivity contribution < 1.29 is 14.6 Å². The van der Waals surface area contributed by atoms with Crippen molar-refractivity contribution in [3.63, 3.8) is 0 Å². The maximum Gasteiger partial charge on any atom is 0.0802 e. The van der Waals surface area contributed by atoms with Crippen LogP contribution < -0.4 is 0 Å². The molecule has 1 aromatic rings. The first kappa shape index (κ1) is 20.1. The van der Waals surface area contributed by atoms with Crippen molar-refractivity contribution in [2.75, 3.05) is 47.1 Å². The van der Waals surface area contributed by atoms with E-state index >= 15 is 0 Å². The summed E-state index contributed by atoms with van der Waals surface area (Å²) in [7, 11) is 3.42.